The predicted octanol–water partition coefficient (Wildman–Crippen LogP) is 4.06. The van der Waals surface area contributed by atoms with Gasteiger partial charge in [0.25, 0.3) is 0 Å². The highest BCUT2D eigenvalue weighted by Crippen LogP contribution is 2.37. The Morgan fingerprint density at radius 2 is 2.17 bits per heavy atom. The maximum Gasteiger partial charge on any atom is 0.195 e. The molecule has 150 valence electrons. The van der Waals surface area contributed by atoms with Crippen LogP contribution >= 0.6 is 0 Å². The van der Waals surface area contributed by atoms with E-state index >= 15 is 0 Å². The Morgan fingerprint density at radius 3 is 2.90 bits per heavy atom. The number of carbonyl (C=O) groups is 1. The summed E-state index contributed by atoms with van der Waals surface area (Å²) in [7, 11) is 0. The molecule has 29 heavy (non-hydrogen) atoms. The van der Waals surface area contributed by atoms with E-state index < -0.39 is 5.72 Å². The number of aromatic nitrogens is 1. The Morgan fingerprint density at radius 1 is 1.28 bits per heavy atom. The molecular formula is C23H25N3O3. The number of nitrogens with zero attached hydrogens (tertiary/aromatic N) is 2. The standard InChI is InChI=1S/C23H25N3O3/c1-3-23(29-18-6-5-11-24-14-18)16-25-12-13-26(23)21-8-4-7-20(17(21)2)22-10-9-19(15-27)28-22/h4-11,14-15,25H,3,12-13,16H2,1-2H3. The quantitative estimate of drug-likeness (QED) is 0.639. The second kappa shape index (κ2) is 8.09. The van der Waals surface area contributed by atoms with Crippen molar-refractivity contribution in [1.82, 2.24) is 10.3 Å². The number of hydrogen-bond donors (Lipinski definition) is 1. The molecule has 1 aliphatic rings. The zero-order chi connectivity index (χ0) is 20.3. The number of carbonyl (C=O) groups excluding carboxylic acids is 1. The monoisotopic (exact) mass is 391 g/mol. The van der Waals surface area contributed by atoms with Gasteiger partial charge in [-0.15, -0.1) is 0 Å². The maximum atomic E-state index is 11.0. The molecular weight excluding hydrogens is 366 g/mol. The van der Waals surface area contributed by atoms with Crippen molar-refractivity contribution in [3.63, 3.8) is 0 Å². The molecule has 4 rings (SSSR count). The highest BCUT2D eigenvalue weighted by atomic mass is 16.5. The number of hydrogen-bond acceptors (Lipinski definition) is 6. The lowest BCUT2D eigenvalue weighted by atomic mass is 9.99. The Labute approximate surface area is 170 Å². The average Bonchev–Trinajstić information content (AvgIpc) is 3.24. The Hall–Kier alpha value is -3.12. The van der Waals surface area contributed by atoms with Gasteiger partial charge in [0.15, 0.2) is 17.8 Å². The van der Waals surface area contributed by atoms with E-state index in [0.29, 0.717) is 18.1 Å². The molecule has 0 saturated carbocycles. The van der Waals surface area contributed by atoms with E-state index in [0.717, 1.165) is 48.4 Å². The molecule has 1 fully saturated rings. The SMILES string of the molecule is CCC1(Oc2cccnc2)CNCCN1c1cccc(-c2ccc(C=O)o2)c1C. The minimum Gasteiger partial charge on any atom is -0.465 e. The van der Waals surface area contributed by atoms with Crippen LogP contribution in [-0.4, -0.2) is 36.6 Å². The number of rotatable bonds is 6. The minimum absolute atomic E-state index is 0.329. The maximum absolute atomic E-state index is 11.0. The van der Waals surface area contributed by atoms with Crippen LogP contribution in [0.5, 0.6) is 5.75 Å². The van der Waals surface area contributed by atoms with Crippen LogP contribution in [0.25, 0.3) is 11.3 Å². The molecule has 1 unspecified atom stereocenters. The normalized spacial score (nSPS) is 19.2. The van der Waals surface area contributed by atoms with E-state index in [9.17, 15) is 4.79 Å². The highest BCUT2D eigenvalue weighted by molar-refractivity contribution is 5.76. The molecule has 0 aliphatic carbocycles. The largest absolute Gasteiger partial charge is 0.465 e. The first-order valence-corrected chi connectivity index (χ1v) is 9.89. The fraction of sp³-hybridized carbons (Fsp3) is 0.304. The molecule has 0 radical (unpaired) electrons. The van der Waals surface area contributed by atoms with Crippen molar-refractivity contribution in [2.75, 3.05) is 24.5 Å². The van der Waals surface area contributed by atoms with Gasteiger partial charge in [-0.3, -0.25) is 9.78 Å². The van der Waals surface area contributed by atoms with Crippen LogP contribution in [0.1, 0.15) is 29.5 Å². The number of furan rings is 1. The summed E-state index contributed by atoms with van der Waals surface area (Å²) in [4.78, 5) is 17.5. The molecule has 1 N–H and O–H groups in total. The molecule has 1 aliphatic heterocycles. The zero-order valence-corrected chi connectivity index (χ0v) is 16.7. The first-order chi connectivity index (χ1) is 14.2. The Bertz CT molecular complexity index is 986. The van der Waals surface area contributed by atoms with Gasteiger partial charge in [-0.25, -0.2) is 0 Å². The second-order valence-electron chi connectivity index (χ2n) is 7.19. The van der Waals surface area contributed by atoms with Crippen LogP contribution in [0.4, 0.5) is 5.69 Å². The summed E-state index contributed by atoms with van der Waals surface area (Å²) in [5.41, 5.74) is 2.63. The first kappa shape index (κ1) is 19.2. The van der Waals surface area contributed by atoms with E-state index in [1.807, 2.05) is 30.3 Å². The molecule has 0 spiro atoms. The average molecular weight is 391 g/mol. The van der Waals surface area contributed by atoms with Gasteiger partial charge in [-0.2, -0.15) is 0 Å². The number of benzene rings is 1. The highest BCUT2D eigenvalue weighted by Gasteiger charge is 2.40. The minimum atomic E-state index is -0.526. The number of ether oxygens (including phenoxy) is 1. The van der Waals surface area contributed by atoms with Gasteiger partial charge >= 0.3 is 0 Å². The van der Waals surface area contributed by atoms with Gasteiger partial charge in [0.1, 0.15) is 11.5 Å². The predicted molar refractivity (Wildman–Crippen MR) is 112 cm³/mol. The third-order valence-electron chi connectivity index (χ3n) is 5.50. The van der Waals surface area contributed by atoms with Crippen LogP contribution in [-0.2, 0) is 0 Å². The van der Waals surface area contributed by atoms with E-state index in [4.69, 9.17) is 9.15 Å². The van der Waals surface area contributed by atoms with Crippen LogP contribution in [0, 0.1) is 6.92 Å². The summed E-state index contributed by atoms with van der Waals surface area (Å²) in [6.07, 6.45) is 5.02. The van der Waals surface area contributed by atoms with Crippen molar-refractivity contribution >= 4 is 12.0 Å². The molecule has 1 atom stereocenters. The van der Waals surface area contributed by atoms with Gasteiger partial charge in [0.2, 0.25) is 0 Å². The van der Waals surface area contributed by atoms with Crippen LogP contribution in [0.2, 0.25) is 0 Å². The van der Waals surface area contributed by atoms with Crippen molar-refractivity contribution < 1.29 is 13.9 Å². The summed E-state index contributed by atoms with van der Waals surface area (Å²) < 4.78 is 12.2. The first-order valence-electron chi connectivity index (χ1n) is 9.89. The van der Waals surface area contributed by atoms with Gasteiger partial charge in [-0.05, 0) is 42.8 Å². The number of piperazine rings is 1. The second-order valence-corrected chi connectivity index (χ2v) is 7.19. The summed E-state index contributed by atoms with van der Waals surface area (Å²) in [6.45, 7) is 6.62. The fourth-order valence-corrected chi connectivity index (χ4v) is 3.96. The summed E-state index contributed by atoms with van der Waals surface area (Å²) in [6, 6.07) is 13.5. The van der Waals surface area contributed by atoms with Crippen LogP contribution < -0.4 is 15.0 Å². The van der Waals surface area contributed by atoms with Crippen molar-refractivity contribution in [1.29, 1.82) is 0 Å². The third-order valence-corrected chi connectivity index (χ3v) is 5.50. The van der Waals surface area contributed by atoms with Gasteiger partial charge in [0.05, 0.1) is 12.7 Å². The summed E-state index contributed by atoms with van der Waals surface area (Å²) in [5.74, 6) is 1.77. The number of anilines is 1. The van der Waals surface area contributed by atoms with Crippen molar-refractivity contribution in [2.24, 2.45) is 0 Å². The molecule has 3 aromatic rings. The lowest BCUT2D eigenvalue weighted by molar-refractivity contribution is 0.0473. The number of pyridine rings is 1. The van der Waals surface area contributed by atoms with Crippen molar-refractivity contribution in [3.05, 3.63) is 66.2 Å². The Balaban J connectivity index is 1.75. The topological polar surface area (TPSA) is 67.6 Å². The lowest BCUT2D eigenvalue weighted by Crippen LogP contribution is -2.64. The molecule has 0 amide bonds. The van der Waals surface area contributed by atoms with E-state index in [-0.39, 0.29) is 0 Å². The van der Waals surface area contributed by atoms with E-state index in [2.05, 4.69) is 35.1 Å². The number of nitrogens with one attached hydrogen (secondary N) is 1. The van der Waals surface area contributed by atoms with Crippen molar-refractivity contribution in [2.45, 2.75) is 26.0 Å². The molecule has 6 heteroatoms. The summed E-state index contributed by atoms with van der Waals surface area (Å²) >= 11 is 0. The van der Waals surface area contributed by atoms with E-state index in [1.165, 1.54) is 0 Å². The van der Waals surface area contributed by atoms with Gasteiger partial charge in [-0.1, -0.05) is 19.1 Å². The molecule has 0 bridgehead atoms. The molecule has 3 heterocycles. The lowest BCUT2D eigenvalue weighted by Gasteiger charge is -2.48. The summed E-state index contributed by atoms with van der Waals surface area (Å²) in [5, 5.41) is 3.48. The van der Waals surface area contributed by atoms with Crippen molar-refractivity contribution in [3.8, 4) is 17.1 Å². The van der Waals surface area contributed by atoms with Gasteiger partial charge < -0.3 is 19.4 Å². The Kier molecular flexibility index (Phi) is 5.36. The molecule has 2 aromatic heterocycles. The van der Waals surface area contributed by atoms with Crippen LogP contribution in [0.15, 0.2) is 59.3 Å². The van der Waals surface area contributed by atoms with Crippen LogP contribution in [0.3, 0.4) is 0 Å². The van der Waals surface area contributed by atoms with E-state index in [1.54, 1.807) is 18.5 Å². The third kappa shape index (κ3) is 3.63. The molecule has 1 aromatic carbocycles. The smallest absolute Gasteiger partial charge is 0.195 e. The zero-order valence-electron chi connectivity index (χ0n) is 16.7. The fourth-order valence-electron chi connectivity index (χ4n) is 3.96. The molecule has 6 nitrogen and oxygen atoms in total. The number of aldehydes is 1. The molecule has 1 saturated heterocycles. The van der Waals surface area contributed by atoms with Gasteiger partial charge in [0, 0.05) is 37.0 Å².